The molecule has 1 heteroatoms. The summed E-state index contributed by atoms with van der Waals surface area (Å²) in [5.74, 6) is 0.501. The van der Waals surface area contributed by atoms with E-state index < -0.39 is 0 Å². The fourth-order valence-electron chi connectivity index (χ4n) is 2.64. The maximum atomic E-state index is 8.93. The normalized spacial score (nSPS) is 12.5. The van der Waals surface area contributed by atoms with E-state index in [9.17, 15) is 0 Å². The minimum atomic E-state index is 0.355. The van der Waals surface area contributed by atoms with E-state index in [1.54, 1.807) is 0 Å². The molecule has 0 bridgehead atoms. The monoisotopic (exact) mass is 282 g/mol. The van der Waals surface area contributed by atoms with E-state index in [2.05, 4.69) is 13.5 Å². The lowest BCUT2D eigenvalue weighted by atomic mass is 10.0. The van der Waals surface area contributed by atoms with E-state index >= 15 is 0 Å². The molecule has 0 aliphatic carbocycles. The van der Waals surface area contributed by atoms with Gasteiger partial charge in [0.05, 0.1) is 0 Å². The van der Waals surface area contributed by atoms with Crippen LogP contribution in [0.5, 0.6) is 0 Å². The average molecular weight is 283 g/mol. The van der Waals surface area contributed by atoms with Crippen molar-refractivity contribution in [3.8, 4) is 0 Å². The van der Waals surface area contributed by atoms with Crippen molar-refractivity contribution >= 4 is 0 Å². The summed E-state index contributed by atoms with van der Waals surface area (Å²) in [7, 11) is 0. The van der Waals surface area contributed by atoms with Crippen LogP contribution >= 0.6 is 0 Å². The Balaban J connectivity index is 2.97. The van der Waals surface area contributed by atoms with Crippen LogP contribution in [-0.4, -0.2) is 11.7 Å². The van der Waals surface area contributed by atoms with E-state index in [1.807, 2.05) is 6.08 Å². The van der Waals surface area contributed by atoms with Gasteiger partial charge < -0.3 is 5.11 Å². The Bertz CT molecular complexity index is 188. The van der Waals surface area contributed by atoms with Crippen molar-refractivity contribution in [2.45, 2.75) is 96.8 Å². The van der Waals surface area contributed by atoms with Crippen molar-refractivity contribution in [2.75, 3.05) is 6.61 Å². The highest BCUT2D eigenvalue weighted by atomic mass is 16.3. The van der Waals surface area contributed by atoms with Gasteiger partial charge in [-0.25, -0.2) is 0 Å². The van der Waals surface area contributed by atoms with E-state index in [1.165, 1.54) is 89.9 Å². The fourth-order valence-corrected chi connectivity index (χ4v) is 2.64. The zero-order valence-corrected chi connectivity index (χ0v) is 13.9. The van der Waals surface area contributed by atoms with Gasteiger partial charge in [0.15, 0.2) is 0 Å². The summed E-state index contributed by atoms with van der Waals surface area (Å²) in [5, 5.41) is 8.93. The first-order valence-corrected chi connectivity index (χ1v) is 9.03. The highest BCUT2D eigenvalue weighted by Crippen LogP contribution is 2.14. The summed E-state index contributed by atoms with van der Waals surface area (Å²) in [6.07, 6.45) is 21.1. The average Bonchev–Trinajstić information content (AvgIpc) is 2.47. The summed E-state index contributed by atoms with van der Waals surface area (Å²) in [4.78, 5) is 0. The summed E-state index contributed by atoms with van der Waals surface area (Å²) < 4.78 is 0. The van der Waals surface area contributed by atoms with Gasteiger partial charge in [-0.2, -0.15) is 0 Å². The zero-order chi connectivity index (χ0) is 14.9. The molecule has 1 atom stereocenters. The molecule has 0 aliphatic rings. The number of hydrogen-bond donors (Lipinski definition) is 1. The first-order chi connectivity index (χ1) is 9.81. The van der Waals surface area contributed by atoms with Crippen LogP contribution in [0.15, 0.2) is 12.7 Å². The van der Waals surface area contributed by atoms with Crippen molar-refractivity contribution in [1.82, 2.24) is 0 Å². The first kappa shape index (κ1) is 19.7. The van der Waals surface area contributed by atoms with Crippen LogP contribution in [0.4, 0.5) is 0 Å². The molecule has 0 fully saturated rings. The smallest absolute Gasteiger partial charge is 0.0456 e. The number of aliphatic hydroxyl groups is 1. The summed E-state index contributed by atoms with van der Waals surface area (Å²) in [5.41, 5.74) is 0. The Hall–Kier alpha value is -0.300. The van der Waals surface area contributed by atoms with Gasteiger partial charge in [0, 0.05) is 6.61 Å². The van der Waals surface area contributed by atoms with E-state index in [-0.39, 0.29) is 0 Å². The molecular formula is C19H38O. The molecule has 0 saturated carbocycles. The van der Waals surface area contributed by atoms with Crippen molar-refractivity contribution in [3.63, 3.8) is 0 Å². The first-order valence-electron chi connectivity index (χ1n) is 9.03. The molecule has 1 unspecified atom stereocenters. The third-order valence-electron chi connectivity index (χ3n) is 4.17. The number of unbranched alkanes of at least 4 members (excludes halogenated alkanes) is 12. The van der Waals surface area contributed by atoms with E-state index in [0.29, 0.717) is 12.5 Å². The van der Waals surface area contributed by atoms with Gasteiger partial charge >= 0.3 is 0 Å². The maximum Gasteiger partial charge on any atom is 0.0456 e. The number of aliphatic hydroxyl groups excluding tert-OH is 1. The second kappa shape index (κ2) is 16.8. The molecule has 0 aromatic heterocycles. The third-order valence-corrected chi connectivity index (χ3v) is 4.17. The molecule has 0 saturated heterocycles. The minimum absolute atomic E-state index is 0.355. The predicted molar refractivity (Wildman–Crippen MR) is 91.1 cm³/mol. The molecule has 0 heterocycles. The third kappa shape index (κ3) is 15.8. The Labute approximate surface area is 127 Å². The van der Waals surface area contributed by atoms with Crippen molar-refractivity contribution < 1.29 is 5.11 Å². The second-order valence-corrected chi connectivity index (χ2v) is 6.40. The van der Waals surface area contributed by atoms with E-state index in [4.69, 9.17) is 5.11 Å². The van der Waals surface area contributed by atoms with Crippen LogP contribution in [-0.2, 0) is 0 Å². The molecule has 1 nitrogen and oxygen atoms in total. The van der Waals surface area contributed by atoms with Gasteiger partial charge in [0.2, 0.25) is 0 Å². The molecule has 0 spiro atoms. The van der Waals surface area contributed by atoms with Crippen LogP contribution < -0.4 is 0 Å². The predicted octanol–water partition coefficient (Wildman–Crippen LogP) is 6.26. The van der Waals surface area contributed by atoms with Gasteiger partial charge in [0.25, 0.3) is 0 Å². The molecule has 0 aliphatic heterocycles. The topological polar surface area (TPSA) is 20.2 Å². The maximum absolute atomic E-state index is 8.93. The number of rotatable bonds is 16. The van der Waals surface area contributed by atoms with E-state index in [0.717, 1.165) is 0 Å². The van der Waals surface area contributed by atoms with Crippen LogP contribution in [0, 0.1) is 5.92 Å². The lowest BCUT2D eigenvalue weighted by Gasteiger charge is -2.06. The summed E-state index contributed by atoms with van der Waals surface area (Å²) in [6.45, 7) is 6.25. The van der Waals surface area contributed by atoms with Gasteiger partial charge in [-0.1, -0.05) is 83.6 Å². The minimum Gasteiger partial charge on any atom is -0.396 e. The van der Waals surface area contributed by atoms with Crippen molar-refractivity contribution in [2.24, 2.45) is 5.92 Å². The van der Waals surface area contributed by atoms with Crippen LogP contribution in [0.2, 0.25) is 0 Å². The zero-order valence-electron chi connectivity index (χ0n) is 13.9. The van der Waals surface area contributed by atoms with Gasteiger partial charge in [-0.3, -0.25) is 0 Å². The molecule has 0 aromatic rings. The Morgan fingerprint density at radius 2 is 1.15 bits per heavy atom. The highest BCUT2D eigenvalue weighted by molar-refractivity contribution is 4.65. The lowest BCUT2D eigenvalue weighted by molar-refractivity contribution is 0.227. The molecule has 0 radical (unpaired) electrons. The van der Waals surface area contributed by atoms with Gasteiger partial charge in [-0.05, 0) is 25.2 Å². The molecule has 120 valence electrons. The molecule has 0 aromatic carbocycles. The van der Waals surface area contributed by atoms with Crippen molar-refractivity contribution in [3.05, 3.63) is 12.7 Å². The fraction of sp³-hybridized carbons (Fsp3) is 0.895. The molecular weight excluding hydrogens is 244 g/mol. The number of hydrogen-bond acceptors (Lipinski definition) is 1. The summed E-state index contributed by atoms with van der Waals surface area (Å²) in [6, 6.07) is 0. The Morgan fingerprint density at radius 3 is 1.55 bits per heavy atom. The largest absolute Gasteiger partial charge is 0.396 e. The quantitative estimate of drug-likeness (QED) is 0.261. The van der Waals surface area contributed by atoms with Gasteiger partial charge in [0.1, 0.15) is 0 Å². The highest BCUT2D eigenvalue weighted by Gasteiger charge is 1.99. The molecule has 0 amide bonds. The summed E-state index contributed by atoms with van der Waals surface area (Å²) >= 11 is 0. The van der Waals surface area contributed by atoms with Crippen LogP contribution in [0.1, 0.15) is 96.8 Å². The van der Waals surface area contributed by atoms with Crippen LogP contribution in [0.3, 0.4) is 0 Å². The van der Waals surface area contributed by atoms with Gasteiger partial charge in [-0.15, -0.1) is 6.58 Å². The molecule has 0 rings (SSSR count). The molecule has 20 heavy (non-hydrogen) atoms. The van der Waals surface area contributed by atoms with Crippen LogP contribution in [0.25, 0.3) is 0 Å². The Kier molecular flexibility index (Phi) is 16.5. The standard InChI is InChI=1S/C19H38O/c1-3-4-5-6-7-8-9-10-11-12-13-14-15-16-17-19(2)18-20/h3,19-20H,1,4-18H2,2H3. The SMILES string of the molecule is C=CCCCCCCCCCCCCCCC(C)CO. The second-order valence-electron chi connectivity index (χ2n) is 6.40. The number of allylic oxidation sites excluding steroid dienone is 1. The molecule has 1 N–H and O–H groups in total. The van der Waals surface area contributed by atoms with Crippen molar-refractivity contribution in [1.29, 1.82) is 0 Å². The lowest BCUT2D eigenvalue weighted by Crippen LogP contribution is -1.99. The Morgan fingerprint density at radius 1 is 0.750 bits per heavy atom.